The van der Waals surface area contributed by atoms with E-state index in [9.17, 15) is 0 Å². The molecule has 0 nitrogen and oxygen atoms in total. The molecule has 4 heteroatoms. The predicted molar refractivity (Wildman–Crippen MR) is 14.7 cm³/mol. The van der Waals surface area contributed by atoms with E-state index < -0.39 is 0 Å². The Morgan fingerprint density at radius 3 is 0.750 bits per heavy atom. The van der Waals surface area contributed by atoms with Crippen LogP contribution in [0.15, 0.2) is 0 Å². The van der Waals surface area contributed by atoms with E-state index in [2.05, 4.69) is 0 Å². The maximum absolute atomic E-state index is 0. The number of rotatable bonds is 0. The smallest absolute Gasteiger partial charge is 2.00 e. The van der Waals surface area contributed by atoms with Gasteiger partial charge in [0.1, 0.15) is 0 Å². The van der Waals surface area contributed by atoms with Gasteiger partial charge in [0.2, 0.25) is 0 Å². The summed E-state index contributed by atoms with van der Waals surface area (Å²) in [5.74, 6) is 0. The van der Waals surface area contributed by atoms with Crippen LogP contribution in [-0.4, -0.2) is 0 Å². The van der Waals surface area contributed by atoms with Crippen LogP contribution in [0.2, 0.25) is 0 Å². The van der Waals surface area contributed by atoms with Crippen LogP contribution in [0, 0.1) is 0 Å². The van der Waals surface area contributed by atoms with Crippen molar-refractivity contribution in [1.29, 1.82) is 0 Å². The topological polar surface area (TPSA) is 0 Å². The molecule has 0 saturated heterocycles. The molecule has 0 aromatic heterocycles. The van der Waals surface area contributed by atoms with E-state index in [1.165, 1.54) is 0 Å². The van der Waals surface area contributed by atoms with Crippen LogP contribution in [0.5, 0.6) is 0 Å². The maximum atomic E-state index is 0. The molecule has 0 aliphatic carbocycles. The Hall–Kier alpha value is 1.71. The minimum atomic E-state index is 0. The van der Waals surface area contributed by atoms with Crippen molar-refractivity contribution in [2.45, 2.75) is 0 Å². The van der Waals surface area contributed by atoms with E-state index in [0.717, 1.165) is 0 Å². The first-order valence-corrected chi connectivity index (χ1v) is 0. The molecular weight excluding hydrogens is 186 g/mol. The van der Waals surface area contributed by atoms with Gasteiger partial charge in [0.25, 0.3) is 0 Å². The average Bonchev–Trinajstić information content (AvgIpc) is 0. The fraction of sp³-hybridized carbons (Fsp3) is 0. The molecule has 0 fully saturated rings. The van der Waals surface area contributed by atoms with Crippen molar-refractivity contribution < 1.29 is 33.6 Å². The zero-order chi connectivity index (χ0) is 0. The van der Waals surface area contributed by atoms with Crippen molar-refractivity contribution in [3.05, 3.63) is 0 Å². The van der Waals surface area contributed by atoms with Crippen molar-refractivity contribution in [2.24, 2.45) is 0 Å². The summed E-state index contributed by atoms with van der Waals surface area (Å²) in [5.41, 5.74) is 0. The van der Waals surface area contributed by atoms with Crippen LogP contribution in [0.3, 0.4) is 0 Å². The minimum absolute atomic E-state index is 0. The molecule has 0 N–H and O–H groups in total. The number of hydrogen-bond donors (Lipinski definition) is 0. The van der Waals surface area contributed by atoms with Crippen LogP contribution < -0.4 is 0 Å². The standard InChI is InChI=1S/Cu.Ni.2S/q2*+2;2*-2. The molecule has 0 aliphatic rings. The second-order valence-corrected chi connectivity index (χ2v) is 0. The first kappa shape index (κ1) is 43.2. The molecule has 1 radical (unpaired) electrons. The molecule has 0 bridgehead atoms. The van der Waals surface area contributed by atoms with Crippen molar-refractivity contribution in [3.63, 3.8) is 0 Å². The van der Waals surface area contributed by atoms with Gasteiger partial charge in [-0.15, -0.1) is 0 Å². The Morgan fingerprint density at radius 1 is 0.750 bits per heavy atom. The Labute approximate surface area is 60.4 Å². The largest absolute Gasteiger partial charge is 2.00 e. The van der Waals surface area contributed by atoms with Gasteiger partial charge in [-0.1, -0.05) is 0 Å². The van der Waals surface area contributed by atoms with Gasteiger partial charge >= 0.3 is 33.6 Å². The second kappa shape index (κ2) is 22.1. The molecule has 0 rings (SSSR count). The fourth-order valence-electron chi connectivity index (χ4n) is 0. The van der Waals surface area contributed by atoms with Crippen molar-refractivity contribution >= 4 is 27.0 Å². The van der Waals surface area contributed by atoms with E-state index in [-0.39, 0.29) is 60.6 Å². The Balaban J connectivity index is 0. The maximum Gasteiger partial charge on any atom is 2.00 e. The molecule has 0 amide bonds. The summed E-state index contributed by atoms with van der Waals surface area (Å²) in [6.45, 7) is 0. The van der Waals surface area contributed by atoms with Crippen LogP contribution in [0.1, 0.15) is 0 Å². The minimum Gasteiger partial charge on any atom is -2.00 e. The zero-order valence-corrected chi connectivity index (χ0v) is 5.00. The van der Waals surface area contributed by atoms with Crippen molar-refractivity contribution in [3.8, 4) is 0 Å². The van der Waals surface area contributed by atoms with Gasteiger partial charge in [0.05, 0.1) is 0 Å². The molecule has 0 aromatic carbocycles. The van der Waals surface area contributed by atoms with Gasteiger partial charge < -0.3 is 27.0 Å². The normalized spacial score (nSPS) is 0. The van der Waals surface area contributed by atoms with E-state index in [0.29, 0.717) is 0 Å². The summed E-state index contributed by atoms with van der Waals surface area (Å²) in [4.78, 5) is 0. The van der Waals surface area contributed by atoms with E-state index >= 15 is 0 Å². The zero-order valence-electron chi connectivity index (χ0n) is 1.43. The van der Waals surface area contributed by atoms with Gasteiger partial charge in [-0.25, -0.2) is 0 Å². The van der Waals surface area contributed by atoms with Crippen LogP contribution in [0.4, 0.5) is 0 Å². The molecule has 0 heterocycles. The molecule has 0 aliphatic heterocycles. The Bertz CT molecular complexity index is 6.00. The summed E-state index contributed by atoms with van der Waals surface area (Å²) >= 11 is 0. The van der Waals surface area contributed by atoms with Crippen LogP contribution in [-0.2, 0) is 60.6 Å². The van der Waals surface area contributed by atoms with Crippen molar-refractivity contribution in [2.75, 3.05) is 0 Å². The third-order valence-electron chi connectivity index (χ3n) is 0. The van der Waals surface area contributed by atoms with Gasteiger partial charge in [-0.2, -0.15) is 0 Å². The quantitative estimate of drug-likeness (QED) is 0.467. The molecule has 0 atom stereocenters. The molecule has 33 valence electrons. The molecule has 0 saturated carbocycles. The molecule has 0 aromatic rings. The fourth-order valence-corrected chi connectivity index (χ4v) is 0. The van der Waals surface area contributed by atoms with Crippen molar-refractivity contribution in [1.82, 2.24) is 0 Å². The molecule has 0 spiro atoms. The summed E-state index contributed by atoms with van der Waals surface area (Å²) in [6, 6.07) is 0. The van der Waals surface area contributed by atoms with Crippen LogP contribution >= 0.6 is 0 Å². The molecule has 0 unspecified atom stereocenters. The van der Waals surface area contributed by atoms with Gasteiger partial charge in [-0.05, 0) is 0 Å². The van der Waals surface area contributed by atoms with E-state index in [1.807, 2.05) is 0 Å². The van der Waals surface area contributed by atoms with Crippen LogP contribution in [0.25, 0.3) is 0 Å². The van der Waals surface area contributed by atoms with E-state index in [4.69, 9.17) is 0 Å². The predicted octanol–water partition coefficient (Wildman–Crippen LogP) is -0.00980. The van der Waals surface area contributed by atoms with E-state index in [1.54, 1.807) is 0 Å². The third kappa shape index (κ3) is 9.31. The number of hydrogen-bond acceptors (Lipinski definition) is 0. The first-order valence-electron chi connectivity index (χ1n) is 0. The SMILES string of the molecule is [Cu+2].[Ni+2].[S-2].[S-2]. The van der Waals surface area contributed by atoms with Gasteiger partial charge in [0, 0.05) is 0 Å². The monoisotopic (exact) mass is 185 g/mol. The summed E-state index contributed by atoms with van der Waals surface area (Å²) in [6.07, 6.45) is 0. The first-order chi connectivity index (χ1) is 0. The van der Waals surface area contributed by atoms with Gasteiger partial charge in [0.15, 0.2) is 0 Å². The Morgan fingerprint density at radius 2 is 0.750 bits per heavy atom. The summed E-state index contributed by atoms with van der Waals surface area (Å²) in [7, 11) is 0. The molecular formula is CuNiS2. The molecule has 4 heavy (non-hydrogen) atoms. The Kier molecular flexibility index (Phi) is 239. The summed E-state index contributed by atoms with van der Waals surface area (Å²) < 4.78 is 0. The summed E-state index contributed by atoms with van der Waals surface area (Å²) in [5, 5.41) is 0. The second-order valence-electron chi connectivity index (χ2n) is 0. The van der Waals surface area contributed by atoms with Gasteiger partial charge in [-0.3, -0.25) is 0 Å². The average molecular weight is 186 g/mol. The third-order valence-corrected chi connectivity index (χ3v) is 0.